The lowest BCUT2D eigenvalue weighted by Crippen LogP contribution is -2.47. The minimum atomic E-state index is 0.210. The predicted molar refractivity (Wildman–Crippen MR) is 69.4 cm³/mol. The number of hydrogen-bond donors (Lipinski definition) is 1. The largest absolute Gasteiger partial charge is 0.395 e. The zero-order chi connectivity index (χ0) is 13.0. The summed E-state index contributed by atoms with van der Waals surface area (Å²) in [4.78, 5) is 8.91. The van der Waals surface area contributed by atoms with E-state index >= 15 is 0 Å². The monoisotopic (exact) mass is 246 g/mol. The zero-order valence-electron chi connectivity index (χ0n) is 10.6. The molecule has 0 radical (unpaired) electrons. The number of aromatic nitrogens is 1. The Bertz CT molecular complexity index is 447. The van der Waals surface area contributed by atoms with E-state index in [4.69, 9.17) is 10.4 Å². The first kappa shape index (κ1) is 12.8. The van der Waals surface area contributed by atoms with Gasteiger partial charge in [-0.1, -0.05) is 0 Å². The number of β-amino-alcohol motifs (C(OH)–C–C–N with tert-alkyl or cyclic N) is 1. The van der Waals surface area contributed by atoms with Crippen LogP contribution < -0.4 is 4.90 Å². The molecule has 5 heteroatoms. The molecule has 0 amide bonds. The number of aliphatic hydroxyl groups is 1. The van der Waals surface area contributed by atoms with E-state index in [2.05, 4.69) is 20.9 Å². The molecule has 1 saturated heterocycles. The van der Waals surface area contributed by atoms with E-state index in [1.807, 2.05) is 13.0 Å². The molecular weight excluding hydrogens is 228 g/mol. The minimum absolute atomic E-state index is 0.210. The van der Waals surface area contributed by atoms with Crippen molar-refractivity contribution in [3.63, 3.8) is 0 Å². The van der Waals surface area contributed by atoms with E-state index in [0.717, 1.165) is 44.2 Å². The van der Waals surface area contributed by atoms with E-state index in [0.29, 0.717) is 5.56 Å². The van der Waals surface area contributed by atoms with Gasteiger partial charge in [-0.15, -0.1) is 0 Å². The van der Waals surface area contributed by atoms with Gasteiger partial charge in [0.1, 0.15) is 5.82 Å². The van der Waals surface area contributed by atoms with Gasteiger partial charge in [-0.3, -0.25) is 4.90 Å². The SMILES string of the molecule is Cc1cc(C#N)cc(N2CCN(CCO)CC2)n1. The third-order valence-electron chi connectivity index (χ3n) is 3.18. The van der Waals surface area contributed by atoms with Gasteiger partial charge in [0.2, 0.25) is 0 Å². The first-order chi connectivity index (χ1) is 8.72. The number of nitriles is 1. The first-order valence-corrected chi connectivity index (χ1v) is 6.20. The van der Waals surface area contributed by atoms with E-state index in [-0.39, 0.29) is 6.61 Å². The van der Waals surface area contributed by atoms with Gasteiger partial charge in [0.15, 0.2) is 0 Å². The second-order valence-corrected chi connectivity index (χ2v) is 4.52. The molecule has 0 atom stereocenters. The molecule has 0 bridgehead atoms. The van der Waals surface area contributed by atoms with Gasteiger partial charge in [-0.2, -0.15) is 5.26 Å². The van der Waals surface area contributed by atoms with Crippen molar-refractivity contribution in [3.8, 4) is 6.07 Å². The average molecular weight is 246 g/mol. The standard InChI is InChI=1S/C13H18N4O/c1-11-8-12(10-14)9-13(15-11)17-4-2-16(3-5-17)6-7-18/h8-9,18H,2-7H2,1H3. The average Bonchev–Trinajstić information content (AvgIpc) is 2.39. The fraction of sp³-hybridized carbons (Fsp3) is 0.538. The molecule has 1 aromatic heterocycles. The molecule has 1 fully saturated rings. The molecule has 18 heavy (non-hydrogen) atoms. The zero-order valence-corrected chi connectivity index (χ0v) is 10.6. The second-order valence-electron chi connectivity index (χ2n) is 4.52. The number of rotatable bonds is 3. The highest BCUT2D eigenvalue weighted by Gasteiger charge is 2.17. The maximum Gasteiger partial charge on any atom is 0.130 e. The highest BCUT2D eigenvalue weighted by atomic mass is 16.3. The molecule has 0 spiro atoms. The van der Waals surface area contributed by atoms with Gasteiger partial charge in [-0.05, 0) is 19.1 Å². The van der Waals surface area contributed by atoms with Crippen LogP contribution in [-0.2, 0) is 0 Å². The van der Waals surface area contributed by atoms with Crippen LogP contribution in [0.4, 0.5) is 5.82 Å². The van der Waals surface area contributed by atoms with Crippen LogP contribution in [0.5, 0.6) is 0 Å². The number of aliphatic hydroxyl groups excluding tert-OH is 1. The summed E-state index contributed by atoms with van der Waals surface area (Å²) in [5.74, 6) is 0.884. The van der Waals surface area contributed by atoms with Gasteiger partial charge >= 0.3 is 0 Å². The fourth-order valence-corrected chi connectivity index (χ4v) is 2.22. The Morgan fingerprint density at radius 3 is 2.67 bits per heavy atom. The van der Waals surface area contributed by atoms with Crippen LogP contribution in [0.1, 0.15) is 11.3 Å². The molecule has 5 nitrogen and oxygen atoms in total. The Balaban J connectivity index is 2.05. The van der Waals surface area contributed by atoms with Crippen molar-refractivity contribution < 1.29 is 5.11 Å². The Hall–Kier alpha value is -1.64. The summed E-state index contributed by atoms with van der Waals surface area (Å²) in [5.41, 5.74) is 1.54. The molecule has 2 rings (SSSR count). The van der Waals surface area contributed by atoms with Crippen molar-refractivity contribution in [2.45, 2.75) is 6.92 Å². The van der Waals surface area contributed by atoms with Crippen molar-refractivity contribution in [2.24, 2.45) is 0 Å². The topological polar surface area (TPSA) is 63.4 Å². The van der Waals surface area contributed by atoms with Crippen LogP contribution in [0.2, 0.25) is 0 Å². The van der Waals surface area contributed by atoms with Gasteiger partial charge in [-0.25, -0.2) is 4.98 Å². The molecule has 0 aromatic carbocycles. The molecular formula is C13H18N4O. The van der Waals surface area contributed by atoms with Crippen LogP contribution in [0.3, 0.4) is 0 Å². The Morgan fingerprint density at radius 1 is 1.33 bits per heavy atom. The number of pyridine rings is 1. The fourth-order valence-electron chi connectivity index (χ4n) is 2.22. The Kier molecular flexibility index (Phi) is 4.13. The van der Waals surface area contributed by atoms with Crippen molar-refractivity contribution >= 4 is 5.82 Å². The lowest BCUT2D eigenvalue weighted by atomic mass is 10.2. The second kappa shape index (κ2) is 5.80. The molecule has 1 aliphatic rings. The van der Waals surface area contributed by atoms with Gasteiger partial charge < -0.3 is 10.0 Å². The summed E-state index contributed by atoms with van der Waals surface area (Å²) in [6.07, 6.45) is 0. The van der Waals surface area contributed by atoms with Crippen LogP contribution in [0, 0.1) is 18.3 Å². The summed E-state index contributed by atoms with van der Waals surface area (Å²) in [6.45, 7) is 6.49. The van der Waals surface area contributed by atoms with E-state index in [1.165, 1.54) is 0 Å². The van der Waals surface area contributed by atoms with Gasteiger partial charge in [0.05, 0.1) is 18.2 Å². The van der Waals surface area contributed by atoms with E-state index in [1.54, 1.807) is 6.07 Å². The smallest absolute Gasteiger partial charge is 0.130 e. The lowest BCUT2D eigenvalue weighted by molar-refractivity contribution is 0.188. The third kappa shape index (κ3) is 2.97. The summed E-state index contributed by atoms with van der Waals surface area (Å²) in [6, 6.07) is 5.81. The highest BCUT2D eigenvalue weighted by Crippen LogP contribution is 2.16. The number of aryl methyl sites for hydroxylation is 1. The van der Waals surface area contributed by atoms with Crippen molar-refractivity contribution in [2.75, 3.05) is 44.2 Å². The molecule has 0 aliphatic carbocycles. The van der Waals surface area contributed by atoms with Gasteiger partial charge in [0.25, 0.3) is 0 Å². The first-order valence-electron chi connectivity index (χ1n) is 6.20. The number of nitrogens with zero attached hydrogens (tertiary/aromatic N) is 4. The molecule has 0 unspecified atom stereocenters. The third-order valence-corrected chi connectivity index (χ3v) is 3.18. The highest BCUT2D eigenvalue weighted by molar-refractivity contribution is 5.47. The molecule has 1 aliphatic heterocycles. The summed E-state index contributed by atoms with van der Waals surface area (Å²) >= 11 is 0. The van der Waals surface area contributed by atoms with Crippen molar-refractivity contribution in [3.05, 3.63) is 23.4 Å². The normalized spacial score (nSPS) is 16.6. The lowest BCUT2D eigenvalue weighted by Gasteiger charge is -2.35. The number of hydrogen-bond acceptors (Lipinski definition) is 5. The Labute approximate surface area is 107 Å². The molecule has 0 saturated carbocycles. The number of anilines is 1. The molecule has 2 heterocycles. The van der Waals surface area contributed by atoms with Crippen LogP contribution in [0.15, 0.2) is 12.1 Å². The summed E-state index contributed by atoms with van der Waals surface area (Å²) in [5, 5.41) is 17.9. The Morgan fingerprint density at radius 2 is 2.06 bits per heavy atom. The summed E-state index contributed by atoms with van der Waals surface area (Å²) in [7, 11) is 0. The predicted octanol–water partition coefficient (Wildman–Crippen LogP) is 0.376. The minimum Gasteiger partial charge on any atom is -0.395 e. The maximum atomic E-state index is 8.96. The van der Waals surface area contributed by atoms with E-state index in [9.17, 15) is 0 Å². The van der Waals surface area contributed by atoms with Crippen molar-refractivity contribution in [1.82, 2.24) is 9.88 Å². The molecule has 1 N–H and O–H groups in total. The molecule has 96 valence electrons. The maximum absolute atomic E-state index is 8.96. The quantitative estimate of drug-likeness (QED) is 0.835. The van der Waals surface area contributed by atoms with Crippen LogP contribution in [0.25, 0.3) is 0 Å². The van der Waals surface area contributed by atoms with Crippen LogP contribution >= 0.6 is 0 Å². The van der Waals surface area contributed by atoms with E-state index < -0.39 is 0 Å². The van der Waals surface area contributed by atoms with Gasteiger partial charge in [0, 0.05) is 38.4 Å². The number of piperazine rings is 1. The van der Waals surface area contributed by atoms with Crippen LogP contribution in [-0.4, -0.2) is 54.3 Å². The summed E-state index contributed by atoms with van der Waals surface area (Å²) < 4.78 is 0. The molecule has 1 aromatic rings. The van der Waals surface area contributed by atoms with Crippen molar-refractivity contribution in [1.29, 1.82) is 5.26 Å².